The first-order chi connectivity index (χ1) is 15.0. The molecule has 4 rings (SSSR count). The highest BCUT2D eigenvalue weighted by Crippen LogP contribution is 2.24. The van der Waals surface area contributed by atoms with Gasteiger partial charge in [0, 0.05) is 47.9 Å². The van der Waals surface area contributed by atoms with Crippen molar-refractivity contribution in [2.24, 2.45) is 0 Å². The summed E-state index contributed by atoms with van der Waals surface area (Å²) in [5.41, 5.74) is 2.29. The Hall–Kier alpha value is -4.20. The van der Waals surface area contributed by atoms with Gasteiger partial charge in [0.05, 0.1) is 11.4 Å². The second-order valence-electron chi connectivity index (χ2n) is 6.52. The average molecular weight is 420 g/mol. The molecule has 1 N–H and O–H groups in total. The molecule has 0 saturated carbocycles. The van der Waals surface area contributed by atoms with E-state index in [4.69, 9.17) is 0 Å². The van der Waals surface area contributed by atoms with Gasteiger partial charge in [0.1, 0.15) is 11.5 Å². The maximum atomic E-state index is 13.8. The number of benzene rings is 2. The molecule has 0 atom stereocenters. The summed E-state index contributed by atoms with van der Waals surface area (Å²) in [5.74, 6) is -4.38. The zero-order valence-electron chi connectivity index (χ0n) is 16.0. The molecular formula is C23H15F3N4O. The lowest BCUT2D eigenvalue weighted by atomic mass is 10.1. The van der Waals surface area contributed by atoms with Crippen molar-refractivity contribution in [3.63, 3.8) is 0 Å². The number of hydrogen-bond acceptors (Lipinski definition) is 3. The highest BCUT2D eigenvalue weighted by Gasteiger charge is 2.13. The number of carbonyl (C=O) groups excluding carboxylic acids is 1. The van der Waals surface area contributed by atoms with Gasteiger partial charge in [-0.25, -0.2) is 17.9 Å². The molecule has 31 heavy (non-hydrogen) atoms. The fourth-order valence-corrected chi connectivity index (χ4v) is 2.91. The number of rotatable bonds is 5. The van der Waals surface area contributed by atoms with Gasteiger partial charge < -0.3 is 5.32 Å². The van der Waals surface area contributed by atoms with Crippen LogP contribution in [-0.2, 0) is 4.79 Å². The number of amides is 1. The van der Waals surface area contributed by atoms with Crippen molar-refractivity contribution in [1.82, 2.24) is 14.8 Å². The van der Waals surface area contributed by atoms with Gasteiger partial charge >= 0.3 is 0 Å². The van der Waals surface area contributed by atoms with Gasteiger partial charge in [-0.1, -0.05) is 18.2 Å². The van der Waals surface area contributed by atoms with Crippen molar-refractivity contribution >= 4 is 17.7 Å². The first-order valence-corrected chi connectivity index (χ1v) is 9.20. The fraction of sp³-hybridized carbons (Fsp3) is 0. The molecule has 2 aromatic carbocycles. The molecule has 5 nitrogen and oxygen atoms in total. The summed E-state index contributed by atoms with van der Waals surface area (Å²) >= 11 is 0. The van der Waals surface area contributed by atoms with E-state index in [9.17, 15) is 18.0 Å². The van der Waals surface area contributed by atoms with Crippen molar-refractivity contribution in [3.05, 3.63) is 102 Å². The van der Waals surface area contributed by atoms with Crippen molar-refractivity contribution in [1.29, 1.82) is 0 Å². The van der Waals surface area contributed by atoms with Crippen LogP contribution in [-0.4, -0.2) is 20.7 Å². The van der Waals surface area contributed by atoms with E-state index >= 15 is 0 Å². The van der Waals surface area contributed by atoms with Crippen LogP contribution in [0.3, 0.4) is 0 Å². The highest BCUT2D eigenvalue weighted by atomic mass is 19.2. The Morgan fingerprint density at radius 3 is 2.48 bits per heavy atom. The molecular weight excluding hydrogens is 405 g/mol. The Balaban J connectivity index is 1.64. The van der Waals surface area contributed by atoms with Gasteiger partial charge in [0.15, 0.2) is 11.6 Å². The van der Waals surface area contributed by atoms with E-state index in [1.54, 1.807) is 29.3 Å². The van der Waals surface area contributed by atoms with Gasteiger partial charge in [-0.3, -0.25) is 9.78 Å². The first kappa shape index (κ1) is 20.1. The number of para-hydroxylation sites is 1. The average Bonchev–Trinajstić information content (AvgIpc) is 3.22. The normalized spacial score (nSPS) is 11.1. The van der Waals surface area contributed by atoms with Crippen LogP contribution in [0.4, 0.5) is 18.9 Å². The third-order valence-electron chi connectivity index (χ3n) is 4.38. The smallest absolute Gasteiger partial charge is 0.248 e. The number of halogens is 3. The monoisotopic (exact) mass is 420 g/mol. The van der Waals surface area contributed by atoms with Crippen LogP contribution in [0.5, 0.6) is 0 Å². The summed E-state index contributed by atoms with van der Waals surface area (Å²) < 4.78 is 41.8. The summed E-state index contributed by atoms with van der Waals surface area (Å²) in [6.07, 6.45) is 7.68. The molecule has 0 aliphatic rings. The van der Waals surface area contributed by atoms with Gasteiger partial charge in [0.2, 0.25) is 5.91 Å². The topological polar surface area (TPSA) is 59.8 Å². The molecule has 0 saturated heterocycles. The van der Waals surface area contributed by atoms with Crippen LogP contribution >= 0.6 is 0 Å². The second-order valence-corrected chi connectivity index (χ2v) is 6.52. The number of pyridine rings is 1. The van der Waals surface area contributed by atoms with Crippen LogP contribution < -0.4 is 5.32 Å². The molecule has 0 spiro atoms. The third kappa shape index (κ3) is 4.53. The maximum absolute atomic E-state index is 13.8. The van der Waals surface area contributed by atoms with Gasteiger partial charge in [-0.15, -0.1) is 0 Å². The molecule has 8 heteroatoms. The van der Waals surface area contributed by atoms with E-state index in [0.29, 0.717) is 23.4 Å². The largest absolute Gasteiger partial charge is 0.320 e. The summed E-state index contributed by atoms with van der Waals surface area (Å²) in [6, 6.07) is 14.0. The van der Waals surface area contributed by atoms with Gasteiger partial charge in [-0.2, -0.15) is 5.10 Å². The van der Waals surface area contributed by atoms with Crippen LogP contribution in [0.1, 0.15) is 5.56 Å². The van der Waals surface area contributed by atoms with E-state index in [2.05, 4.69) is 15.4 Å². The van der Waals surface area contributed by atoms with E-state index in [1.807, 2.05) is 36.4 Å². The first-order valence-electron chi connectivity index (χ1n) is 9.20. The predicted molar refractivity (Wildman–Crippen MR) is 111 cm³/mol. The molecule has 0 aliphatic carbocycles. The lowest BCUT2D eigenvalue weighted by Gasteiger charge is -2.04. The molecule has 0 fully saturated rings. The maximum Gasteiger partial charge on any atom is 0.248 e. The van der Waals surface area contributed by atoms with Crippen molar-refractivity contribution in [2.45, 2.75) is 0 Å². The molecule has 1 amide bonds. The van der Waals surface area contributed by atoms with Gasteiger partial charge in [-0.05, 0) is 30.3 Å². The molecule has 2 heterocycles. The van der Waals surface area contributed by atoms with Crippen molar-refractivity contribution in [2.75, 3.05) is 5.32 Å². The molecule has 4 aromatic rings. The molecule has 0 aliphatic heterocycles. The lowest BCUT2D eigenvalue weighted by Crippen LogP contribution is -2.10. The van der Waals surface area contributed by atoms with Gasteiger partial charge in [0.25, 0.3) is 0 Å². The van der Waals surface area contributed by atoms with Crippen LogP contribution in [0.2, 0.25) is 0 Å². The fourth-order valence-electron chi connectivity index (χ4n) is 2.91. The minimum Gasteiger partial charge on any atom is -0.320 e. The van der Waals surface area contributed by atoms with E-state index in [-0.39, 0.29) is 0 Å². The van der Waals surface area contributed by atoms with E-state index in [0.717, 1.165) is 17.3 Å². The number of hydrogen-bond donors (Lipinski definition) is 1. The molecule has 154 valence electrons. The number of nitrogens with one attached hydrogen (secondary N) is 1. The van der Waals surface area contributed by atoms with Crippen LogP contribution in [0, 0.1) is 17.5 Å². The number of aromatic nitrogens is 3. The van der Waals surface area contributed by atoms with Crippen molar-refractivity contribution in [3.8, 4) is 16.9 Å². The molecule has 0 bridgehead atoms. The second kappa shape index (κ2) is 8.66. The quantitative estimate of drug-likeness (QED) is 0.365. The van der Waals surface area contributed by atoms with Crippen molar-refractivity contribution < 1.29 is 18.0 Å². The SMILES string of the molecule is O=C(C=Cc1cn(-c2ccccc2)nc1-c1cccnc1)Nc1cc(F)c(F)cc1F. The molecule has 0 unspecified atom stereocenters. The Morgan fingerprint density at radius 1 is 0.968 bits per heavy atom. The molecule has 2 aromatic heterocycles. The Labute approximate surface area is 175 Å². The summed E-state index contributed by atoms with van der Waals surface area (Å²) in [6.45, 7) is 0. The number of carbonyl (C=O) groups is 1. The summed E-state index contributed by atoms with van der Waals surface area (Å²) in [4.78, 5) is 16.3. The van der Waals surface area contributed by atoms with Crippen LogP contribution in [0.25, 0.3) is 23.0 Å². The van der Waals surface area contributed by atoms with Crippen LogP contribution in [0.15, 0.2) is 79.3 Å². The standard InChI is InChI=1S/C23H15F3N4O/c24-18-11-20(26)21(12-19(18)25)28-22(31)9-8-16-14-30(17-6-2-1-3-7-17)29-23(16)15-5-4-10-27-13-15/h1-14H,(H,28,31). The Morgan fingerprint density at radius 2 is 1.74 bits per heavy atom. The number of anilines is 1. The number of nitrogens with zero attached hydrogens (tertiary/aromatic N) is 3. The molecule has 0 radical (unpaired) electrons. The van der Waals surface area contributed by atoms with E-state index < -0.39 is 29.0 Å². The minimum atomic E-state index is -1.33. The highest BCUT2D eigenvalue weighted by molar-refractivity contribution is 6.02. The Bertz CT molecular complexity index is 1250. The zero-order valence-corrected chi connectivity index (χ0v) is 16.0. The minimum absolute atomic E-state index is 0.374. The lowest BCUT2D eigenvalue weighted by molar-refractivity contribution is -0.111. The summed E-state index contributed by atoms with van der Waals surface area (Å²) in [5, 5.41) is 6.79. The Kier molecular flexibility index (Phi) is 5.61. The predicted octanol–water partition coefficient (Wildman–Crippen LogP) is 5.00. The third-order valence-corrected chi connectivity index (χ3v) is 4.38. The van der Waals surface area contributed by atoms with E-state index in [1.165, 1.54) is 6.08 Å². The zero-order chi connectivity index (χ0) is 21.8. The summed E-state index contributed by atoms with van der Waals surface area (Å²) in [7, 11) is 0.